The molecule has 5 nitrogen and oxygen atoms in total. The summed E-state index contributed by atoms with van der Waals surface area (Å²) < 4.78 is 5.51. The normalized spacial score (nSPS) is 15.2. The van der Waals surface area contributed by atoms with E-state index in [9.17, 15) is 4.79 Å². The van der Waals surface area contributed by atoms with Gasteiger partial charge in [-0.25, -0.2) is 0 Å². The molecule has 1 saturated heterocycles. The van der Waals surface area contributed by atoms with Gasteiger partial charge in [0.2, 0.25) is 0 Å². The Bertz CT molecular complexity index is 414. The molecular formula is C15H23N3O2. The Hall–Kier alpha value is -1.62. The second-order valence-corrected chi connectivity index (χ2v) is 5.00. The number of carbonyl (C=O) groups excluding carboxylic acids is 1. The molecular weight excluding hydrogens is 254 g/mol. The van der Waals surface area contributed by atoms with E-state index in [1.807, 2.05) is 17.0 Å². The van der Waals surface area contributed by atoms with Crippen molar-refractivity contribution in [1.29, 1.82) is 0 Å². The van der Waals surface area contributed by atoms with Crippen LogP contribution in [0.3, 0.4) is 0 Å². The Kier molecular flexibility index (Phi) is 5.80. The van der Waals surface area contributed by atoms with Crippen LogP contribution < -0.4 is 10.1 Å². The Balaban J connectivity index is 1.76. The maximum Gasteiger partial charge on any atom is 0.260 e. The van der Waals surface area contributed by atoms with Crippen LogP contribution in [0.15, 0.2) is 18.3 Å². The number of pyridine rings is 1. The molecule has 5 heteroatoms. The molecule has 110 valence electrons. The second-order valence-electron chi connectivity index (χ2n) is 5.00. The molecule has 1 aromatic heterocycles. The highest BCUT2D eigenvalue weighted by molar-refractivity contribution is 5.77. The SMILES string of the molecule is CCNCc1ccc(OCC(=O)N2CCCCC2)cn1. The molecule has 0 unspecified atom stereocenters. The number of nitrogens with one attached hydrogen (secondary N) is 1. The zero-order valence-corrected chi connectivity index (χ0v) is 12.1. The molecule has 2 rings (SSSR count). The van der Waals surface area contributed by atoms with Gasteiger partial charge in [-0.05, 0) is 37.9 Å². The van der Waals surface area contributed by atoms with Crippen LogP contribution in [0, 0.1) is 0 Å². The standard InChI is InChI=1S/C15H23N3O2/c1-2-16-10-13-6-7-14(11-17-13)20-12-15(19)18-8-4-3-5-9-18/h6-7,11,16H,2-5,8-10,12H2,1H3. The van der Waals surface area contributed by atoms with Crippen LogP contribution in [0.4, 0.5) is 0 Å². The maximum atomic E-state index is 12.0. The topological polar surface area (TPSA) is 54.5 Å². The molecule has 0 bridgehead atoms. The van der Waals surface area contributed by atoms with Crippen molar-refractivity contribution in [1.82, 2.24) is 15.2 Å². The number of rotatable bonds is 6. The summed E-state index contributed by atoms with van der Waals surface area (Å²) in [6, 6.07) is 3.78. The van der Waals surface area contributed by atoms with Gasteiger partial charge in [0.05, 0.1) is 11.9 Å². The van der Waals surface area contributed by atoms with E-state index in [1.54, 1.807) is 6.20 Å². The van der Waals surface area contributed by atoms with Gasteiger partial charge in [-0.1, -0.05) is 6.92 Å². The largest absolute Gasteiger partial charge is 0.482 e. The molecule has 1 aliphatic rings. The Morgan fingerprint density at radius 2 is 2.15 bits per heavy atom. The zero-order chi connectivity index (χ0) is 14.2. The van der Waals surface area contributed by atoms with Crippen LogP contribution >= 0.6 is 0 Å². The first-order valence-corrected chi connectivity index (χ1v) is 7.36. The molecule has 1 amide bonds. The van der Waals surface area contributed by atoms with Crippen LogP contribution in [0.2, 0.25) is 0 Å². The summed E-state index contributed by atoms with van der Waals surface area (Å²) in [7, 11) is 0. The van der Waals surface area contributed by atoms with E-state index in [1.165, 1.54) is 6.42 Å². The number of piperidine rings is 1. The predicted molar refractivity (Wildman–Crippen MR) is 77.5 cm³/mol. The van der Waals surface area contributed by atoms with E-state index in [-0.39, 0.29) is 12.5 Å². The number of aromatic nitrogens is 1. The molecule has 1 fully saturated rings. The minimum atomic E-state index is 0.0708. The number of hydrogen-bond donors (Lipinski definition) is 1. The first-order valence-electron chi connectivity index (χ1n) is 7.36. The van der Waals surface area contributed by atoms with Crippen LogP contribution in [-0.4, -0.2) is 42.0 Å². The van der Waals surface area contributed by atoms with Gasteiger partial charge in [0.1, 0.15) is 5.75 Å². The van der Waals surface area contributed by atoms with Gasteiger partial charge in [0.25, 0.3) is 5.91 Å². The lowest BCUT2D eigenvalue weighted by Crippen LogP contribution is -2.38. The molecule has 0 atom stereocenters. The van der Waals surface area contributed by atoms with Crippen LogP contribution in [0.5, 0.6) is 5.75 Å². The Morgan fingerprint density at radius 3 is 2.80 bits per heavy atom. The van der Waals surface area contributed by atoms with Crippen molar-refractivity contribution < 1.29 is 9.53 Å². The van der Waals surface area contributed by atoms with E-state index in [2.05, 4.69) is 17.2 Å². The van der Waals surface area contributed by atoms with Crippen LogP contribution in [0.1, 0.15) is 31.9 Å². The summed E-state index contributed by atoms with van der Waals surface area (Å²) in [6.07, 6.45) is 5.11. The third-order valence-corrected chi connectivity index (χ3v) is 3.42. The molecule has 0 spiro atoms. The molecule has 0 aliphatic carbocycles. The highest BCUT2D eigenvalue weighted by Gasteiger charge is 2.16. The van der Waals surface area contributed by atoms with Crippen molar-refractivity contribution in [3.05, 3.63) is 24.0 Å². The number of carbonyl (C=O) groups is 1. The average Bonchev–Trinajstić information content (AvgIpc) is 2.52. The average molecular weight is 277 g/mol. The lowest BCUT2D eigenvalue weighted by atomic mass is 10.1. The Labute approximate surface area is 120 Å². The third-order valence-electron chi connectivity index (χ3n) is 3.42. The summed E-state index contributed by atoms with van der Waals surface area (Å²) in [5.41, 5.74) is 0.974. The first-order chi connectivity index (χ1) is 9.79. The van der Waals surface area contributed by atoms with Gasteiger partial charge in [0.15, 0.2) is 6.61 Å². The quantitative estimate of drug-likeness (QED) is 0.858. The summed E-state index contributed by atoms with van der Waals surface area (Å²) in [4.78, 5) is 18.1. The predicted octanol–water partition coefficient (Wildman–Crippen LogP) is 1.58. The molecule has 2 heterocycles. The maximum absolute atomic E-state index is 12.0. The van der Waals surface area contributed by atoms with Gasteiger partial charge in [-0.2, -0.15) is 0 Å². The number of ether oxygens (including phenoxy) is 1. The fraction of sp³-hybridized carbons (Fsp3) is 0.600. The van der Waals surface area contributed by atoms with Gasteiger partial charge < -0.3 is 15.0 Å². The molecule has 1 aliphatic heterocycles. The first kappa shape index (κ1) is 14.8. The van der Waals surface area contributed by atoms with Gasteiger partial charge in [0, 0.05) is 19.6 Å². The highest BCUT2D eigenvalue weighted by Crippen LogP contribution is 2.11. The smallest absolute Gasteiger partial charge is 0.260 e. The van der Waals surface area contributed by atoms with Gasteiger partial charge in [-0.3, -0.25) is 9.78 Å². The van der Waals surface area contributed by atoms with E-state index in [0.29, 0.717) is 5.75 Å². The second kappa shape index (κ2) is 7.85. The fourth-order valence-electron chi connectivity index (χ4n) is 2.23. The van der Waals surface area contributed by atoms with E-state index in [4.69, 9.17) is 4.74 Å². The van der Waals surface area contributed by atoms with Crippen molar-refractivity contribution in [3.8, 4) is 5.75 Å². The summed E-state index contributed by atoms with van der Waals surface area (Å²) >= 11 is 0. The number of nitrogens with zero attached hydrogens (tertiary/aromatic N) is 2. The monoisotopic (exact) mass is 277 g/mol. The minimum Gasteiger partial charge on any atom is -0.482 e. The Morgan fingerprint density at radius 1 is 1.35 bits per heavy atom. The molecule has 0 radical (unpaired) electrons. The molecule has 1 N–H and O–H groups in total. The van der Waals surface area contributed by atoms with Crippen molar-refractivity contribution >= 4 is 5.91 Å². The van der Waals surface area contributed by atoms with Crippen LogP contribution in [-0.2, 0) is 11.3 Å². The lowest BCUT2D eigenvalue weighted by molar-refractivity contribution is -0.134. The highest BCUT2D eigenvalue weighted by atomic mass is 16.5. The zero-order valence-electron chi connectivity index (χ0n) is 12.1. The molecule has 20 heavy (non-hydrogen) atoms. The summed E-state index contributed by atoms with van der Waals surface area (Å²) in [5, 5.41) is 3.21. The molecule has 1 aromatic rings. The summed E-state index contributed by atoms with van der Waals surface area (Å²) in [6.45, 7) is 5.57. The number of hydrogen-bond acceptors (Lipinski definition) is 4. The lowest BCUT2D eigenvalue weighted by Gasteiger charge is -2.26. The van der Waals surface area contributed by atoms with E-state index in [0.717, 1.165) is 44.7 Å². The number of amides is 1. The fourth-order valence-corrected chi connectivity index (χ4v) is 2.23. The van der Waals surface area contributed by atoms with Crippen molar-refractivity contribution in [3.63, 3.8) is 0 Å². The van der Waals surface area contributed by atoms with Gasteiger partial charge >= 0.3 is 0 Å². The van der Waals surface area contributed by atoms with Crippen molar-refractivity contribution in [2.45, 2.75) is 32.7 Å². The van der Waals surface area contributed by atoms with Gasteiger partial charge in [-0.15, -0.1) is 0 Å². The third kappa shape index (κ3) is 4.49. The van der Waals surface area contributed by atoms with Crippen LogP contribution in [0.25, 0.3) is 0 Å². The molecule has 0 aromatic carbocycles. The van der Waals surface area contributed by atoms with Crippen molar-refractivity contribution in [2.24, 2.45) is 0 Å². The minimum absolute atomic E-state index is 0.0708. The van der Waals surface area contributed by atoms with Crippen molar-refractivity contribution in [2.75, 3.05) is 26.2 Å². The van der Waals surface area contributed by atoms with E-state index < -0.39 is 0 Å². The number of likely N-dealkylation sites (tertiary alicyclic amines) is 1. The summed E-state index contributed by atoms with van der Waals surface area (Å²) in [5.74, 6) is 0.719. The van der Waals surface area contributed by atoms with E-state index >= 15 is 0 Å². The molecule has 0 saturated carbocycles.